The molecule has 4 N–H and O–H groups in total. The second-order valence-corrected chi connectivity index (χ2v) is 5.78. The van der Waals surface area contributed by atoms with Gasteiger partial charge in [0.2, 0.25) is 5.91 Å². The number of phenolic OH excluding ortho intramolecular Hbond substituents is 1. The van der Waals surface area contributed by atoms with Crippen molar-refractivity contribution in [1.82, 2.24) is 10.2 Å². The lowest BCUT2D eigenvalue weighted by Crippen LogP contribution is -2.46. The lowest BCUT2D eigenvalue weighted by molar-refractivity contribution is -0.121. The van der Waals surface area contributed by atoms with Crippen molar-refractivity contribution in [3.8, 4) is 5.75 Å². The molecule has 1 aliphatic rings. The van der Waals surface area contributed by atoms with E-state index in [9.17, 15) is 14.3 Å². The highest BCUT2D eigenvalue weighted by molar-refractivity contribution is 5.85. The number of nitrogens with one attached hydrogen (secondary N) is 1. The van der Waals surface area contributed by atoms with Crippen LogP contribution in [0.15, 0.2) is 18.2 Å². The molecule has 1 unspecified atom stereocenters. The van der Waals surface area contributed by atoms with E-state index in [4.69, 9.17) is 5.73 Å². The highest BCUT2D eigenvalue weighted by Crippen LogP contribution is 2.22. The number of rotatable bonds is 6. The fourth-order valence-electron chi connectivity index (χ4n) is 2.91. The molecule has 0 aromatic heterocycles. The monoisotopic (exact) mass is 345 g/mol. The molecular formula is C16H25ClFN3O2. The maximum atomic E-state index is 13.4. The normalized spacial score (nSPS) is 18.3. The number of halogens is 2. The first-order chi connectivity index (χ1) is 10.6. The van der Waals surface area contributed by atoms with Gasteiger partial charge in [0.05, 0.1) is 0 Å². The van der Waals surface area contributed by atoms with Crippen LogP contribution in [0.25, 0.3) is 0 Å². The van der Waals surface area contributed by atoms with Gasteiger partial charge >= 0.3 is 0 Å². The fourth-order valence-corrected chi connectivity index (χ4v) is 2.91. The summed E-state index contributed by atoms with van der Waals surface area (Å²) in [7, 11) is 0. The Hall–Kier alpha value is -1.37. The number of carbonyl (C=O) groups is 1. The molecule has 130 valence electrons. The minimum atomic E-state index is -0.431. The van der Waals surface area contributed by atoms with Gasteiger partial charge in [-0.05, 0) is 37.1 Å². The van der Waals surface area contributed by atoms with Crippen molar-refractivity contribution in [2.45, 2.75) is 38.3 Å². The van der Waals surface area contributed by atoms with Crippen LogP contribution >= 0.6 is 12.4 Å². The molecular weight excluding hydrogens is 321 g/mol. The van der Waals surface area contributed by atoms with Crippen LogP contribution in [-0.2, 0) is 11.3 Å². The highest BCUT2D eigenvalue weighted by Gasteiger charge is 2.23. The summed E-state index contributed by atoms with van der Waals surface area (Å²) in [4.78, 5) is 13.8. The van der Waals surface area contributed by atoms with Crippen LogP contribution in [0.2, 0.25) is 0 Å². The molecule has 5 nitrogen and oxygen atoms in total. The van der Waals surface area contributed by atoms with Crippen LogP contribution in [0, 0.1) is 5.82 Å². The van der Waals surface area contributed by atoms with Gasteiger partial charge in [-0.3, -0.25) is 9.69 Å². The van der Waals surface area contributed by atoms with E-state index in [0.717, 1.165) is 37.4 Å². The summed E-state index contributed by atoms with van der Waals surface area (Å²) in [6.45, 7) is 2.42. The number of nitrogens with two attached hydrogens (primary N) is 1. The first kappa shape index (κ1) is 19.7. The van der Waals surface area contributed by atoms with E-state index >= 15 is 0 Å². The number of aromatic hydroxyl groups is 1. The number of amides is 1. The lowest BCUT2D eigenvalue weighted by atomic mass is 10.0. The van der Waals surface area contributed by atoms with Gasteiger partial charge in [-0.15, -0.1) is 12.4 Å². The van der Waals surface area contributed by atoms with Gasteiger partial charge in [-0.1, -0.05) is 6.42 Å². The van der Waals surface area contributed by atoms with E-state index in [2.05, 4.69) is 10.2 Å². The molecule has 1 amide bonds. The minimum Gasteiger partial charge on any atom is -0.508 e. The maximum Gasteiger partial charge on any atom is 0.221 e. The summed E-state index contributed by atoms with van der Waals surface area (Å²) in [6.07, 6.45) is 3.56. The number of carbonyl (C=O) groups excluding carboxylic acids is 1. The molecule has 1 aliphatic heterocycles. The zero-order chi connectivity index (χ0) is 15.9. The van der Waals surface area contributed by atoms with Gasteiger partial charge in [0.1, 0.15) is 11.6 Å². The second kappa shape index (κ2) is 9.70. The molecule has 0 saturated carbocycles. The van der Waals surface area contributed by atoms with E-state index in [1.54, 1.807) is 6.07 Å². The summed E-state index contributed by atoms with van der Waals surface area (Å²) in [5.74, 6) is -0.518. The number of hydrogen-bond donors (Lipinski definition) is 3. The zero-order valence-corrected chi connectivity index (χ0v) is 13.9. The van der Waals surface area contributed by atoms with Crippen molar-refractivity contribution in [3.05, 3.63) is 29.6 Å². The summed E-state index contributed by atoms with van der Waals surface area (Å²) >= 11 is 0. The summed E-state index contributed by atoms with van der Waals surface area (Å²) in [5, 5.41) is 12.4. The van der Waals surface area contributed by atoms with Gasteiger partial charge in [-0.25, -0.2) is 4.39 Å². The molecule has 1 heterocycles. The molecule has 1 fully saturated rings. The molecule has 1 aromatic rings. The van der Waals surface area contributed by atoms with Gasteiger partial charge in [0.15, 0.2) is 0 Å². The SMILES string of the molecule is Cl.NCCC(=O)NCC1CCCCN1Cc1cc(O)cc(F)c1. The largest absolute Gasteiger partial charge is 0.508 e. The molecule has 0 radical (unpaired) electrons. The van der Waals surface area contributed by atoms with E-state index in [-0.39, 0.29) is 30.1 Å². The average molecular weight is 346 g/mol. The molecule has 1 aromatic carbocycles. The zero-order valence-electron chi connectivity index (χ0n) is 13.1. The Morgan fingerprint density at radius 3 is 2.87 bits per heavy atom. The van der Waals surface area contributed by atoms with E-state index < -0.39 is 5.82 Å². The standard InChI is InChI=1S/C16H24FN3O2.ClH/c17-13-7-12(8-15(21)9-13)11-20-6-2-1-3-14(20)10-19-16(22)4-5-18;/h7-9,14,21H,1-6,10-11,18H2,(H,19,22);1H. The van der Waals surface area contributed by atoms with Crippen LogP contribution in [0.3, 0.4) is 0 Å². The molecule has 1 saturated heterocycles. The Kier molecular flexibility index (Phi) is 8.30. The van der Waals surface area contributed by atoms with Gasteiger partial charge in [0.25, 0.3) is 0 Å². The summed E-state index contributed by atoms with van der Waals surface area (Å²) in [6, 6.07) is 4.37. The Morgan fingerprint density at radius 1 is 1.39 bits per heavy atom. The number of phenols is 1. The number of hydrogen-bond acceptors (Lipinski definition) is 4. The average Bonchev–Trinajstić information content (AvgIpc) is 2.45. The molecule has 7 heteroatoms. The van der Waals surface area contributed by atoms with Crippen molar-refractivity contribution in [2.75, 3.05) is 19.6 Å². The van der Waals surface area contributed by atoms with Crippen molar-refractivity contribution in [3.63, 3.8) is 0 Å². The van der Waals surface area contributed by atoms with E-state index in [1.807, 2.05) is 0 Å². The molecule has 0 spiro atoms. The third-order valence-corrected chi connectivity index (χ3v) is 3.98. The molecule has 23 heavy (non-hydrogen) atoms. The first-order valence-corrected chi connectivity index (χ1v) is 7.77. The maximum absolute atomic E-state index is 13.4. The van der Waals surface area contributed by atoms with Gasteiger partial charge in [0, 0.05) is 38.2 Å². The van der Waals surface area contributed by atoms with Gasteiger partial charge in [-0.2, -0.15) is 0 Å². The summed E-state index contributed by atoms with van der Waals surface area (Å²) in [5.41, 5.74) is 6.11. The second-order valence-electron chi connectivity index (χ2n) is 5.78. The Labute approximate surface area is 142 Å². The third kappa shape index (κ3) is 6.33. The Morgan fingerprint density at radius 2 is 2.17 bits per heavy atom. The number of likely N-dealkylation sites (tertiary alicyclic amines) is 1. The van der Waals surface area contributed by atoms with Crippen molar-refractivity contribution >= 4 is 18.3 Å². The smallest absolute Gasteiger partial charge is 0.221 e. The number of nitrogens with zero attached hydrogens (tertiary/aromatic N) is 1. The topological polar surface area (TPSA) is 78.6 Å². The number of piperidine rings is 1. The van der Waals surface area contributed by atoms with Crippen molar-refractivity contribution in [2.24, 2.45) is 5.73 Å². The minimum absolute atomic E-state index is 0. The molecule has 1 atom stereocenters. The highest BCUT2D eigenvalue weighted by atomic mass is 35.5. The van der Waals surface area contributed by atoms with Crippen molar-refractivity contribution in [1.29, 1.82) is 0 Å². The molecule has 2 rings (SSSR count). The van der Waals surface area contributed by atoms with E-state index in [0.29, 0.717) is 26.1 Å². The molecule has 0 bridgehead atoms. The lowest BCUT2D eigenvalue weighted by Gasteiger charge is -2.36. The van der Waals surface area contributed by atoms with Crippen LogP contribution in [0.1, 0.15) is 31.2 Å². The first-order valence-electron chi connectivity index (χ1n) is 7.77. The van der Waals surface area contributed by atoms with Crippen LogP contribution in [-0.4, -0.2) is 41.6 Å². The number of benzene rings is 1. The quantitative estimate of drug-likeness (QED) is 0.734. The van der Waals surface area contributed by atoms with E-state index in [1.165, 1.54) is 6.07 Å². The van der Waals surface area contributed by atoms with Crippen LogP contribution in [0.4, 0.5) is 4.39 Å². The van der Waals surface area contributed by atoms with Gasteiger partial charge < -0.3 is 16.2 Å². The predicted octanol–water partition coefficient (Wildman–Crippen LogP) is 1.77. The fraction of sp³-hybridized carbons (Fsp3) is 0.562. The Balaban J connectivity index is 0.00000264. The Bertz CT molecular complexity index is 496. The van der Waals surface area contributed by atoms with Crippen molar-refractivity contribution < 1.29 is 14.3 Å². The summed E-state index contributed by atoms with van der Waals surface area (Å²) < 4.78 is 13.4. The van der Waals surface area contributed by atoms with Crippen LogP contribution in [0.5, 0.6) is 5.75 Å². The third-order valence-electron chi connectivity index (χ3n) is 3.98. The predicted molar refractivity (Wildman–Crippen MR) is 90.0 cm³/mol. The van der Waals surface area contributed by atoms with Crippen LogP contribution < -0.4 is 11.1 Å². The molecule has 0 aliphatic carbocycles.